The molecule has 10 aromatic rings. The van der Waals surface area contributed by atoms with Gasteiger partial charge in [0.15, 0.2) is 5.58 Å². The van der Waals surface area contributed by atoms with Gasteiger partial charge in [-0.3, -0.25) is 0 Å². The Hall–Kier alpha value is -7.36. The van der Waals surface area contributed by atoms with Crippen molar-refractivity contribution in [3.8, 4) is 78.0 Å². The van der Waals surface area contributed by atoms with E-state index in [9.17, 15) is 0 Å². The molecule has 0 saturated carbocycles. The lowest BCUT2D eigenvalue weighted by molar-refractivity contribution is 0.660. The summed E-state index contributed by atoms with van der Waals surface area (Å²) in [5, 5.41) is 0.975. The van der Waals surface area contributed by atoms with E-state index in [1.165, 1.54) is 66.8 Å². The van der Waals surface area contributed by atoms with E-state index in [4.69, 9.17) is 14.4 Å². The second-order valence-electron chi connectivity index (χ2n) is 17.8. The van der Waals surface area contributed by atoms with Gasteiger partial charge in [-0.05, 0) is 131 Å². The maximum absolute atomic E-state index is 6.58. The molecule has 0 N–H and O–H groups in total. The Labute approximate surface area is 356 Å². The Balaban J connectivity index is 0.868. The SMILES string of the molecule is CC1(C)c2ccccc2-c2ccc(-c3cccc(-c4cccc(-c5ncnc6c5oc5ccc(-c7cccc(-c8ccc9c(c8)C(C)(C)c8ccccc8-9)c7)cc56)c4)c3)cc21. The van der Waals surface area contributed by atoms with Gasteiger partial charge >= 0.3 is 0 Å². The fourth-order valence-electron chi connectivity index (χ4n) is 10.3. The van der Waals surface area contributed by atoms with Crippen LogP contribution in [0.25, 0.3) is 100 Å². The van der Waals surface area contributed by atoms with E-state index in [0.717, 1.165) is 50.0 Å². The van der Waals surface area contributed by atoms with Crippen LogP contribution in [-0.2, 0) is 10.8 Å². The monoisotopic (exact) mass is 782 g/mol. The van der Waals surface area contributed by atoms with E-state index in [1.54, 1.807) is 6.33 Å². The van der Waals surface area contributed by atoms with E-state index in [2.05, 4.69) is 204 Å². The van der Waals surface area contributed by atoms with Gasteiger partial charge in [0.1, 0.15) is 23.1 Å². The zero-order chi connectivity index (χ0) is 41.0. The lowest BCUT2D eigenvalue weighted by atomic mass is 9.81. The van der Waals surface area contributed by atoms with E-state index < -0.39 is 0 Å². The number of fused-ring (bicyclic) bond motifs is 9. The summed E-state index contributed by atoms with van der Waals surface area (Å²) in [6.07, 6.45) is 1.66. The number of hydrogen-bond acceptors (Lipinski definition) is 3. The average molecular weight is 783 g/mol. The van der Waals surface area contributed by atoms with Gasteiger partial charge in [0.2, 0.25) is 0 Å². The first-order valence-corrected chi connectivity index (χ1v) is 21.2. The molecule has 0 amide bonds. The molecule has 2 aliphatic rings. The second kappa shape index (κ2) is 13.1. The fraction of sp³-hybridized carbons (Fsp3) is 0.103. The third kappa shape index (κ3) is 5.43. The molecule has 61 heavy (non-hydrogen) atoms. The summed E-state index contributed by atoms with van der Waals surface area (Å²) in [5.74, 6) is 0. The van der Waals surface area contributed by atoms with E-state index in [0.29, 0.717) is 5.58 Å². The normalized spacial score (nSPS) is 14.2. The first-order chi connectivity index (χ1) is 29.7. The predicted octanol–water partition coefficient (Wildman–Crippen LogP) is 15.3. The minimum Gasteiger partial charge on any atom is -0.452 e. The molecule has 0 bridgehead atoms. The quantitative estimate of drug-likeness (QED) is 0.175. The predicted molar refractivity (Wildman–Crippen MR) is 252 cm³/mol. The van der Waals surface area contributed by atoms with Crippen LogP contribution < -0.4 is 0 Å². The number of furan rings is 1. The summed E-state index contributed by atoms with van der Waals surface area (Å²) in [5.41, 5.74) is 24.2. The van der Waals surface area contributed by atoms with Crippen molar-refractivity contribution < 1.29 is 4.42 Å². The molecule has 0 aliphatic heterocycles. The minimum atomic E-state index is -0.0466. The van der Waals surface area contributed by atoms with Crippen molar-refractivity contribution in [2.75, 3.05) is 0 Å². The van der Waals surface area contributed by atoms with Crippen LogP contribution in [0.5, 0.6) is 0 Å². The van der Waals surface area contributed by atoms with Crippen molar-refractivity contribution in [2.45, 2.75) is 38.5 Å². The zero-order valence-electron chi connectivity index (χ0n) is 34.6. The van der Waals surface area contributed by atoms with Crippen LogP contribution in [0.15, 0.2) is 187 Å². The molecule has 8 aromatic carbocycles. The largest absolute Gasteiger partial charge is 0.452 e. The van der Waals surface area contributed by atoms with Gasteiger partial charge in [-0.25, -0.2) is 9.97 Å². The molecular formula is C58H42N2O. The van der Waals surface area contributed by atoms with Crippen LogP contribution in [0.3, 0.4) is 0 Å². The van der Waals surface area contributed by atoms with Crippen LogP contribution >= 0.6 is 0 Å². The summed E-state index contributed by atoms with van der Waals surface area (Å²) >= 11 is 0. The second-order valence-corrected chi connectivity index (χ2v) is 17.8. The number of rotatable bonds is 5. The standard InChI is InChI=1S/C58H42N2O/c1-57(2)49-20-7-5-18-44(49)46-25-22-41(32-51(46)57)37-14-9-12-35(28-37)39-16-11-17-43(30-39)54-56-55(60-34-59-54)48-31-40(24-27-53(48)61-56)36-13-10-15-38(29-36)42-23-26-47-45-19-6-8-21-50(45)58(3,4)52(47)33-42/h5-34H,1-4H3. The Morgan fingerprint density at radius 2 is 0.787 bits per heavy atom. The van der Waals surface area contributed by atoms with Crippen molar-refractivity contribution in [3.05, 3.63) is 205 Å². The Kier molecular flexibility index (Phi) is 7.62. The molecule has 290 valence electrons. The van der Waals surface area contributed by atoms with Gasteiger partial charge in [0.25, 0.3) is 0 Å². The first kappa shape index (κ1) is 35.6. The highest BCUT2D eigenvalue weighted by molar-refractivity contribution is 6.07. The van der Waals surface area contributed by atoms with Crippen molar-refractivity contribution in [2.24, 2.45) is 0 Å². The van der Waals surface area contributed by atoms with Crippen molar-refractivity contribution in [3.63, 3.8) is 0 Å². The first-order valence-electron chi connectivity index (χ1n) is 21.2. The molecule has 12 rings (SSSR count). The summed E-state index contributed by atoms with van der Waals surface area (Å²) < 4.78 is 6.58. The Morgan fingerprint density at radius 1 is 0.361 bits per heavy atom. The van der Waals surface area contributed by atoms with Crippen LogP contribution in [-0.4, -0.2) is 9.97 Å². The van der Waals surface area contributed by atoms with Crippen LogP contribution in [0.4, 0.5) is 0 Å². The molecule has 3 heteroatoms. The molecule has 0 radical (unpaired) electrons. The third-order valence-corrected chi connectivity index (χ3v) is 13.6. The van der Waals surface area contributed by atoms with Gasteiger partial charge in [-0.15, -0.1) is 0 Å². The molecule has 0 saturated heterocycles. The highest BCUT2D eigenvalue weighted by Crippen LogP contribution is 2.51. The third-order valence-electron chi connectivity index (χ3n) is 13.6. The minimum absolute atomic E-state index is 0.0466. The van der Waals surface area contributed by atoms with Crippen LogP contribution in [0.1, 0.15) is 49.9 Å². The van der Waals surface area contributed by atoms with Gasteiger partial charge < -0.3 is 4.42 Å². The lowest BCUT2D eigenvalue weighted by Gasteiger charge is -2.22. The summed E-state index contributed by atoms with van der Waals surface area (Å²) in [4.78, 5) is 9.59. The van der Waals surface area contributed by atoms with Crippen molar-refractivity contribution >= 4 is 22.1 Å². The maximum atomic E-state index is 6.58. The molecule has 0 spiro atoms. The molecule has 0 atom stereocenters. The number of hydrogen-bond donors (Lipinski definition) is 0. The molecule has 0 unspecified atom stereocenters. The fourth-order valence-corrected chi connectivity index (χ4v) is 10.3. The van der Waals surface area contributed by atoms with Gasteiger partial charge in [0, 0.05) is 21.8 Å². The smallest absolute Gasteiger partial charge is 0.180 e. The van der Waals surface area contributed by atoms with E-state index in [-0.39, 0.29) is 10.8 Å². The molecule has 2 heterocycles. The molecular weight excluding hydrogens is 741 g/mol. The van der Waals surface area contributed by atoms with Crippen LogP contribution in [0, 0.1) is 0 Å². The Bertz CT molecular complexity index is 3440. The van der Waals surface area contributed by atoms with Gasteiger partial charge in [-0.2, -0.15) is 0 Å². The van der Waals surface area contributed by atoms with Crippen molar-refractivity contribution in [1.82, 2.24) is 9.97 Å². The Morgan fingerprint density at radius 3 is 1.33 bits per heavy atom. The molecule has 2 aliphatic carbocycles. The topological polar surface area (TPSA) is 38.9 Å². The van der Waals surface area contributed by atoms with Crippen molar-refractivity contribution in [1.29, 1.82) is 0 Å². The number of nitrogens with zero attached hydrogens (tertiary/aromatic N) is 2. The summed E-state index contributed by atoms with van der Waals surface area (Å²) in [7, 11) is 0. The highest BCUT2D eigenvalue weighted by Gasteiger charge is 2.36. The van der Waals surface area contributed by atoms with Crippen LogP contribution in [0.2, 0.25) is 0 Å². The van der Waals surface area contributed by atoms with E-state index in [1.807, 2.05) is 0 Å². The lowest BCUT2D eigenvalue weighted by Crippen LogP contribution is -2.14. The molecule has 3 nitrogen and oxygen atoms in total. The summed E-state index contributed by atoms with van der Waals surface area (Å²) in [6, 6.07) is 64.3. The van der Waals surface area contributed by atoms with E-state index >= 15 is 0 Å². The number of aromatic nitrogens is 2. The molecule has 0 fully saturated rings. The van der Waals surface area contributed by atoms with Gasteiger partial charge in [0.05, 0.1) is 0 Å². The molecule has 2 aromatic heterocycles. The maximum Gasteiger partial charge on any atom is 0.180 e. The number of benzene rings is 8. The zero-order valence-corrected chi connectivity index (χ0v) is 34.6. The van der Waals surface area contributed by atoms with Gasteiger partial charge in [-0.1, -0.05) is 161 Å². The average Bonchev–Trinajstić information content (AvgIpc) is 3.88. The highest BCUT2D eigenvalue weighted by atomic mass is 16.3. The summed E-state index contributed by atoms with van der Waals surface area (Å²) in [6.45, 7) is 9.34.